The maximum absolute atomic E-state index is 12.6. The molecule has 31 heavy (non-hydrogen) atoms. The summed E-state index contributed by atoms with van der Waals surface area (Å²) in [6.07, 6.45) is 1.45. The molecule has 0 amide bonds. The number of rotatable bonds is 7. The average molecular weight is 552 g/mol. The number of alkyl halides is 2. The minimum absolute atomic E-state index is 0. The highest BCUT2D eigenvalue weighted by atomic mass is 127. The van der Waals surface area contributed by atoms with E-state index in [1.807, 2.05) is 24.1 Å². The number of aromatic nitrogens is 1. The zero-order valence-corrected chi connectivity index (χ0v) is 20.7. The van der Waals surface area contributed by atoms with Crippen LogP contribution in [0.2, 0.25) is 0 Å². The summed E-state index contributed by atoms with van der Waals surface area (Å²) in [6.45, 7) is 9.08. The number of halogens is 3. The summed E-state index contributed by atoms with van der Waals surface area (Å²) in [7, 11) is 0. The second kappa shape index (κ2) is 13.3. The molecule has 1 unspecified atom stereocenters. The van der Waals surface area contributed by atoms with E-state index >= 15 is 0 Å². The van der Waals surface area contributed by atoms with E-state index in [0.29, 0.717) is 19.6 Å². The number of pyridine rings is 1. The molecule has 1 atom stereocenters. The highest BCUT2D eigenvalue weighted by Crippen LogP contribution is 2.17. The molecular formula is C21H35F2IN6O. The molecule has 2 aliphatic heterocycles. The van der Waals surface area contributed by atoms with Gasteiger partial charge in [0.05, 0.1) is 25.8 Å². The molecule has 0 bridgehead atoms. The summed E-state index contributed by atoms with van der Waals surface area (Å²) in [5.41, 5.74) is 1.10. The SMILES string of the molecule is CCNC(=NCc1ccnc(N2CCOC(C)C2)c1)NC1CCN(CC(F)F)CC1.I. The van der Waals surface area contributed by atoms with Crippen LogP contribution in [0, 0.1) is 0 Å². The molecule has 10 heteroatoms. The van der Waals surface area contributed by atoms with Crippen LogP contribution in [0.3, 0.4) is 0 Å². The minimum Gasteiger partial charge on any atom is -0.375 e. The lowest BCUT2D eigenvalue weighted by atomic mass is 10.1. The Bertz CT molecular complexity index is 688. The van der Waals surface area contributed by atoms with E-state index in [4.69, 9.17) is 9.73 Å². The first-order valence-corrected chi connectivity index (χ1v) is 10.9. The van der Waals surface area contributed by atoms with Gasteiger partial charge < -0.3 is 20.3 Å². The van der Waals surface area contributed by atoms with Gasteiger partial charge in [-0.15, -0.1) is 24.0 Å². The van der Waals surface area contributed by atoms with Gasteiger partial charge in [0.2, 0.25) is 0 Å². The summed E-state index contributed by atoms with van der Waals surface area (Å²) < 4.78 is 30.7. The summed E-state index contributed by atoms with van der Waals surface area (Å²) in [6, 6.07) is 4.33. The van der Waals surface area contributed by atoms with Crippen molar-refractivity contribution in [3.8, 4) is 0 Å². The van der Waals surface area contributed by atoms with Crippen LogP contribution in [0.15, 0.2) is 23.3 Å². The van der Waals surface area contributed by atoms with E-state index in [-0.39, 0.29) is 42.7 Å². The quantitative estimate of drug-likeness (QED) is 0.308. The number of aliphatic imine (C=N–C) groups is 1. The topological polar surface area (TPSA) is 65.0 Å². The first-order chi connectivity index (χ1) is 14.5. The van der Waals surface area contributed by atoms with Crippen LogP contribution in [0.5, 0.6) is 0 Å². The highest BCUT2D eigenvalue weighted by molar-refractivity contribution is 14.0. The number of guanidine groups is 1. The Morgan fingerprint density at radius 1 is 1.32 bits per heavy atom. The van der Waals surface area contributed by atoms with Gasteiger partial charge in [-0.1, -0.05) is 0 Å². The standard InChI is InChI=1S/C21H34F2N6O.HI/c1-3-24-21(27-18-5-8-28(9-6-18)15-19(22)23)26-13-17-4-7-25-20(12-17)29-10-11-30-16(2)14-29;/h4,7,12,16,18-19H,3,5-6,8-11,13-15H2,1-2H3,(H2,24,26,27);1H. The maximum atomic E-state index is 12.6. The van der Waals surface area contributed by atoms with Gasteiger partial charge in [-0.3, -0.25) is 4.90 Å². The van der Waals surface area contributed by atoms with Crippen molar-refractivity contribution in [1.82, 2.24) is 20.5 Å². The number of nitrogens with zero attached hydrogens (tertiary/aromatic N) is 4. The lowest BCUT2D eigenvalue weighted by Crippen LogP contribution is -2.49. The van der Waals surface area contributed by atoms with Gasteiger partial charge in [0.15, 0.2) is 5.96 Å². The molecule has 3 rings (SSSR count). The number of morpholine rings is 1. The maximum Gasteiger partial charge on any atom is 0.251 e. The fourth-order valence-corrected chi connectivity index (χ4v) is 3.90. The van der Waals surface area contributed by atoms with Gasteiger partial charge in [0.25, 0.3) is 6.43 Å². The van der Waals surface area contributed by atoms with Crippen molar-refractivity contribution in [3.05, 3.63) is 23.9 Å². The molecule has 2 saturated heterocycles. The Balaban J connectivity index is 0.00000341. The van der Waals surface area contributed by atoms with Crippen molar-refractivity contribution in [3.63, 3.8) is 0 Å². The van der Waals surface area contributed by atoms with Crippen LogP contribution >= 0.6 is 24.0 Å². The first kappa shape index (κ1) is 26.0. The Morgan fingerprint density at radius 3 is 2.77 bits per heavy atom. The fraction of sp³-hybridized carbons (Fsp3) is 0.714. The number of hydrogen-bond donors (Lipinski definition) is 2. The number of nitrogens with one attached hydrogen (secondary N) is 2. The molecule has 7 nitrogen and oxygen atoms in total. The average Bonchev–Trinajstić information content (AvgIpc) is 2.73. The molecule has 0 spiro atoms. The third-order valence-electron chi connectivity index (χ3n) is 5.46. The normalized spacial score (nSPS) is 21.1. The van der Waals surface area contributed by atoms with E-state index in [2.05, 4.69) is 33.5 Å². The third-order valence-corrected chi connectivity index (χ3v) is 5.46. The molecule has 1 aromatic rings. The van der Waals surface area contributed by atoms with Crippen molar-refractivity contribution < 1.29 is 13.5 Å². The lowest BCUT2D eigenvalue weighted by molar-refractivity contribution is 0.0529. The van der Waals surface area contributed by atoms with Crippen molar-refractivity contribution >= 4 is 35.8 Å². The highest BCUT2D eigenvalue weighted by Gasteiger charge is 2.22. The third kappa shape index (κ3) is 8.64. The Kier molecular flexibility index (Phi) is 11.2. The minimum atomic E-state index is -2.26. The van der Waals surface area contributed by atoms with Gasteiger partial charge in [-0.2, -0.15) is 0 Å². The molecule has 2 fully saturated rings. The second-order valence-corrected chi connectivity index (χ2v) is 7.96. The summed E-state index contributed by atoms with van der Waals surface area (Å²) in [5, 5.41) is 6.76. The van der Waals surface area contributed by atoms with Crippen LogP contribution < -0.4 is 15.5 Å². The first-order valence-electron chi connectivity index (χ1n) is 10.9. The smallest absolute Gasteiger partial charge is 0.251 e. The van der Waals surface area contributed by atoms with Gasteiger partial charge in [-0.25, -0.2) is 18.8 Å². The molecule has 1 aromatic heterocycles. The number of piperidine rings is 1. The van der Waals surface area contributed by atoms with Crippen LogP contribution in [0.1, 0.15) is 32.3 Å². The molecule has 0 aliphatic carbocycles. The van der Waals surface area contributed by atoms with E-state index < -0.39 is 6.43 Å². The Hall–Kier alpha value is -1.27. The van der Waals surface area contributed by atoms with Crippen molar-refractivity contribution in [2.24, 2.45) is 4.99 Å². The van der Waals surface area contributed by atoms with E-state index in [0.717, 1.165) is 56.4 Å². The largest absolute Gasteiger partial charge is 0.375 e. The number of ether oxygens (including phenoxy) is 1. The van der Waals surface area contributed by atoms with Crippen LogP contribution in [-0.4, -0.2) is 80.3 Å². The number of anilines is 1. The van der Waals surface area contributed by atoms with Crippen molar-refractivity contribution in [2.75, 3.05) is 50.8 Å². The Morgan fingerprint density at radius 2 is 2.10 bits per heavy atom. The molecule has 0 saturated carbocycles. The van der Waals surface area contributed by atoms with Gasteiger partial charge in [-0.05, 0) is 44.4 Å². The van der Waals surface area contributed by atoms with Gasteiger partial charge >= 0.3 is 0 Å². The summed E-state index contributed by atoms with van der Waals surface area (Å²) in [5.74, 6) is 1.73. The van der Waals surface area contributed by atoms with E-state index in [1.165, 1.54) is 0 Å². The second-order valence-electron chi connectivity index (χ2n) is 7.96. The zero-order chi connectivity index (χ0) is 21.3. The lowest BCUT2D eigenvalue weighted by Gasteiger charge is -2.32. The molecule has 0 aromatic carbocycles. The number of likely N-dealkylation sites (tertiary alicyclic amines) is 1. The van der Waals surface area contributed by atoms with Crippen molar-refractivity contribution in [1.29, 1.82) is 0 Å². The molecule has 3 heterocycles. The summed E-state index contributed by atoms with van der Waals surface area (Å²) in [4.78, 5) is 13.3. The predicted molar refractivity (Wildman–Crippen MR) is 131 cm³/mol. The molecule has 176 valence electrons. The molecular weight excluding hydrogens is 517 g/mol. The molecule has 2 aliphatic rings. The van der Waals surface area contributed by atoms with E-state index in [1.54, 1.807) is 0 Å². The monoisotopic (exact) mass is 552 g/mol. The van der Waals surface area contributed by atoms with E-state index in [9.17, 15) is 8.78 Å². The van der Waals surface area contributed by atoms with Crippen LogP contribution in [-0.2, 0) is 11.3 Å². The van der Waals surface area contributed by atoms with Crippen LogP contribution in [0.4, 0.5) is 14.6 Å². The fourth-order valence-electron chi connectivity index (χ4n) is 3.90. The zero-order valence-electron chi connectivity index (χ0n) is 18.4. The van der Waals surface area contributed by atoms with Gasteiger partial charge in [0.1, 0.15) is 5.82 Å². The predicted octanol–water partition coefficient (Wildman–Crippen LogP) is 2.71. The van der Waals surface area contributed by atoms with Crippen LogP contribution in [0.25, 0.3) is 0 Å². The van der Waals surface area contributed by atoms with Crippen molar-refractivity contribution in [2.45, 2.75) is 51.8 Å². The Labute approximate surface area is 201 Å². The molecule has 2 N–H and O–H groups in total. The van der Waals surface area contributed by atoms with Gasteiger partial charge in [0, 0.05) is 45.0 Å². The summed E-state index contributed by atoms with van der Waals surface area (Å²) >= 11 is 0. The number of hydrogen-bond acceptors (Lipinski definition) is 5. The molecule has 0 radical (unpaired) electrons.